The molecule has 2 aromatic carbocycles. The van der Waals surface area contributed by atoms with E-state index in [1.165, 1.54) is 17.8 Å². The molecule has 0 aliphatic heterocycles. The Morgan fingerprint density at radius 1 is 1.16 bits per heavy atom. The number of hydrogen-bond donors (Lipinski definition) is 2. The van der Waals surface area contributed by atoms with E-state index in [2.05, 4.69) is 20.8 Å². The van der Waals surface area contributed by atoms with E-state index in [0.29, 0.717) is 38.0 Å². The van der Waals surface area contributed by atoms with Crippen LogP contribution < -0.4 is 15.4 Å². The molecule has 1 aromatic heterocycles. The average molecular weight is 494 g/mol. The van der Waals surface area contributed by atoms with E-state index < -0.39 is 6.04 Å². The van der Waals surface area contributed by atoms with Gasteiger partial charge in [0.2, 0.25) is 5.91 Å². The Balaban J connectivity index is 1.60. The number of halogens is 2. The maximum Gasteiger partial charge on any atom is 0.251 e. The number of thioether (sulfide) groups is 1. The standard InChI is InChI=1S/C21H21Cl2N5O3S/c1-12(24-20(30)13-8-9-14(22)15(23)10-13)19-26-27-21(28(19)2)32-11-18(29)25-16-6-4-5-7-17(16)31-3/h4-10,12H,11H2,1-3H3,(H,24,30)(H,25,29)/t12-/m0/s1. The second-order valence-corrected chi connectivity index (χ2v) is 8.52. The molecule has 2 amide bonds. The van der Waals surface area contributed by atoms with Crippen LogP contribution in [0.2, 0.25) is 10.0 Å². The van der Waals surface area contributed by atoms with Crippen LogP contribution in [0.3, 0.4) is 0 Å². The van der Waals surface area contributed by atoms with Gasteiger partial charge < -0.3 is 19.9 Å². The monoisotopic (exact) mass is 493 g/mol. The summed E-state index contributed by atoms with van der Waals surface area (Å²) in [4.78, 5) is 24.8. The SMILES string of the molecule is COc1ccccc1NC(=O)CSc1nnc([C@H](C)NC(=O)c2ccc(Cl)c(Cl)c2)n1C. The number of para-hydroxylation sites is 2. The van der Waals surface area contributed by atoms with Crippen molar-refractivity contribution in [3.8, 4) is 5.75 Å². The lowest BCUT2D eigenvalue weighted by molar-refractivity contribution is -0.113. The number of nitrogens with zero attached hydrogens (tertiary/aromatic N) is 3. The summed E-state index contributed by atoms with van der Waals surface area (Å²) >= 11 is 13.1. The summed E-state index contributed by atoms with van der Waals surface area (Å²) in [7, 11) is 3.32. The Hall–Kier alpha value is -2.75. The second-order valence-electron chi connectivity index (χ2n) is 6.76. The summed E-state index contributed by atoms with van der Waals surface area (Å²) in [5, 5.41) is 15.2. The number of carbonyl (C=O) groups is 2. The fraction of sp³-hybridized carbons (Fsp3) is 0.238. The maximum absolute atomic E-state index is 12.5. The summed E-state index contributed by atoms with van der Waals surface area (Å²) in [5.41, 5.74) is 0.980. The Labute approximate surface area is 199 Å². The molecule has 0 aliphatic carbocycles. The molecule has 0 spiro atoms. The van der Waals surface area contributed by atoms with Crippen LogP contribution in [0.25, 0.3) is 0 Å². The van der Waals surface area contributed by atoms with Gasteiger partial charge in [-0.05, 0) is 37.3 Å². The predicted molar refractivity (Wildman–Crippen MR) is 126 cm³/mol. The molecular formula is C21H21Cl2N5O3S. The van der Waals surface area contributed by atoms with Crippen LogP contribution in [0.15, 0.2) is 47.6 Å². The molecule has 0 aliphatic rings. The first-order valence-corrected chi connectivity index (χ1v) is 11.2. The lowest BCUT2D eigenvalue weighted by Crippen LogP contribution is -2.28. The first kappa shape index (κ1) is 23.9. The fourth-order valence-electron chi connectivity index (χ4n) is 2.88. The van der Waals surface area contributed by atoms with Crippen LogP contribution in [0, 0.1) is 0 Å². The minimum atomic E-state index is -0.425. The first-order valence-electron chi connectivity index (χ1n) is 9.51. The first-order chi connectivity index (χ1) is 15.3. The number of ether oxygens (including phenoxy) is 1. The fourth-order valence-corrected chi connectivity index (χ4v) is 3.89. The highest BCUT2D eigenvalue weighted by molar-refractivity contribution is 7.99. The molecule has 8 nitrogen and oxygen atoms in total. The van der Waals surface area contributed by atoms with Gasteiger partial charge in [-0.1, -0.05) is 47.1 Å². The van der Waals surface area contributed by atoms with E-state index in [1.807, 2.05) is 12.1 Å². The Kier molecular flexibility index (Phi) is 8.00. The Morgan fingerprint density at radius 2 is 1.91 bits per heavy atom. The molecule has 11 heteroatoms. The maximum atomic E-state index is 12.5. The molecule has 0 saturated carbocycles. The molecule has 1 heterocycles. The summed E-state index contributed by atoms with van der Waals surface area (Å²) in [5.74, 6) is 0.743. The van der Waals surface area contributed by atoms with E-state index in [1.54, 1.807) is 49.9 Å². The molecule has 2 N–H and O–H groups in total. The predicted octanol–water partition coefficient (Wildman–Crippen LogP) is 4.35. The van der Waals surface area contributed by atoms with Gasteiger partial charge in [-0.25, -0.2) is 0 Å². The normalized spacial score (nSPS) is 11.7. The van der Waals surface area contributed by atoms with Gasteiger partial charge in [0, 0.05) is 12.6 Å². The van der Waals surface area contributed by atoms with E-state index in [4.69, 9.17) is 27.9 Å². The smallest absolute Gasteiger partial charge is 0.251 e. The lowest BCUT2D eigenvalue weighted by Gasteiger charge is -2.14. The highest BCUT2D eigenvalue weighted by Gasteiger charge is 2.19. The largest absolute Gasteiger partial charge is 0.495 e. The number of benzene rings is 2. The van der Waals surface area contributed by atoms with E-state index in [-0.39, 0.29) is 17.6 Å². The number of anilines is 1. The van der Waals surface area contributed by atoms with E-state index >= 15 is 0 Å². The number of carbonyl (C=O) groups excluding carboxylic acids is 2. The highest BCUT2D eigenvalue weighted by Crippen LogP contribution is 2.25. The van der Waals surface area contributed by atoms with E-state index in [9.17, 15) is 9.59 Å². The van der Waals surface area contributed by atoms with Gasteiger partial charge in [0.25, 0.3) is 5.91 Å². The van der Waals surface area contributed by atoms with Gasteiger partial charge in [-0.2, -0.15) is 0 Å². The van der Waals surface area contributed by atoms with E-state index in [0.717, 1.165) is 0 Å². The number of hydrogen-bond acceptors (Lipinski definition) is 6. The minimum Gasteiger partial charge on any atom is -0.495 e. The van der Waals surface area contributed by atoms with Gasteiger partial charge >= 0.3 is 0 Å². The van der Waals surface area contributed by atoms with Gasteiger partial charge in [0.1, 0.15) is 5.75 Å². The van der Waals surface area contributed by atoms with Crippen LogP contribution in [0.4, 0.5) is 5.69 Å². The second kappa shape index (κ2) is 10.7. The van der Waals surface area contributed by atoms with Crippen molar-refractivity contribution in [3.63, 3.8) is 0 Å². The van der Waals surface area contributed by atoms with Crippen molar-refractivity contribution in [2.45, 2.75) is 18.1 Å². The zero-order valence-electron chi connectivity index (χ0n) is 17.6. The molecule has 3 rings (SSSR count). The van der Waals surface area contributed by atoms with Crippen LogP contribution in [0.5, 0.6) is 5.75 Å². The summed E-state index contributed by atoms with van der Waals surface area (Å²) < 4.78 is 6.97. The number of nitrogens with one attached hydrogen (secondary N) is 2. The molecule has 1 atom stereocenters. The summed E-state index contributed by atoms with van der Waals surface area (Å²) in [6.45, 7) is 1.79. The highest BCUT2D eigenvalue weighted by atomic mass is 35.5. The zero-order chi connectivity index (χ0) is 23.3. The number of aromatic nitrogens is 3. The minimum absolute atomic E-state index is 0.133. The number of rotatable bonds is 8. The van der Waals surface area contributed by atoms with Crippen molar-refractivity contribution in [1.29, 1.82) is 0 Å². The van der Waals surface area contributed by atoms with Crippen molar-refractivity contribution >= 4 is 52.5 Å². The Morgan fingerprint density at radius 3 is 2.62 bits per heavy atom. The van der Waals surface area contributed by atoms with Gasteiger partial charge in [0.05, 0.1) is 34.6 Å². The molecule has 0 radical (unpaired) electrons. The summed E-state index contributed by atoms with van der Waals surface area (Å²) in [6, 6.07) is 11.4. The van der Waals surface area contributed by atoms with Gasteiger partial charge in [0.15, 0.2) is 11.0 Å². The van der Waals surface area contributed by atoms with Crippen LogP contribution in [0.1, 0.15) is 29.1 Å². The third-order valence-electron chi connectivity index (χ3n) is 4.50. The quantitative estimate of drug-likeness (QED) is 0.452. The molecule has 0 bridgehead atoms. The van der Waals surface area contributed by atoms with Gasteiger partial charge in [-0.15, -0.1) is 10.2 Å². The van der Waals surface area contributed by atoms with Crippen LogP contribution in [-0.2, 0) is 11.8 Å². The topological polar surface area (TPSA) is 98.1 Å². The third kappa shape index (κ3) is 5.73. The zero-order valence-corrected chi connectivity index (χ0v) is 19.9. The molecule has 0 fully saturated rings. The number of amides is 2. The molecule has 0 saturated heterocycles. The van der Waals surface area contributed by atoms with Crippen molar-refractivity contribution in [1.82, 2.24) is 20.1 Å². The molecule has 168 valence electrons. The van der Waals surface area contributed by atoms with Crippen molar-refractivity contribution < 1.29 is 14.3 Å². The third-order valence-corrected chi connectivity index (χ3v) is 6.26. The Bertz CT molecular complexity index is 1140. The van der Waals surface area contributed by atoms with Crippen LogP contribution >= 0.6 is 35.0 Å². The van der Waals surface area contributed by atoms with Crippen LogP contribution in [-0.4, -0.2) is 39.4 Å². The molecule has 0 unspecified atom stereocenters. The van der Waals surface area contributed by atoms with Crippen molar-refractivity contribution in [3.05, 3.63) is 63.9 Å². The molecule has 32 heavy (non-hydrogen) atoms. The summed E-state index contributed by atoms with van der Waals surface area (Å²) in [6.07, 6.45) is 0. The molecule has 3 aromatic rings. The average Bonchev–Trinajstić information content (AvgIpc) is 3.14. The lowest BCUT2D eigenvalue weighted by atomic mass is 10.2. The van der Waals surface area contributed by atoms with Crippen molar-refractivity contribution in [2.75, 3.05) is 18.2 Å². The molecular weight excluding hydrogens is 473 g/mol. The van der Waals surface area contributed by atoms with Gasteiger partial charge in [-0.3, -0.25) is 9.59 Å². The van der Waals surface area contributed by atoms with Crippen molar-refractivity contribution in [2.24, 2.45) is 7.05 Å². The number of methoxy groups -OCH3 is 1.